The van der Waals surface area contributed by atoms with Gasteiger partial charge >= 0.3 is 0 Å². The highest BCUT2D eigenvalue weighted by Gasteiger charge is 2.33. The third-order valence-electron chi connectivity index (χ3n) is 4.10. The van der Waals surface area contributed by atoms with Crippen LogP contribution in [0.15, 0.2) is 0 Å². The van der Waals surface area contributed by atoms with Crippen molar-refractivity contribution in [3.05, 3.63) is 0 Å². The van der Waals surface area contributed by atoms with Crippen molar-refractivity contribution in [1.29, 1.82) is 0 Å². The Labute approximate surface area is 135 Å². The first kappa shape index (κ1) is 13.6. The van der Waals surface area contributed by atoms with Crippen LogP contribution in [-0.2, 0) is 0 Å². The largest absolute Gasteiger partial charge is 0.0826 e. The van der Waals surface area contributed by atoms with Crippen molar-refractivity contribution in [3.8, 4) is 0 Å². The fourth-order valence-corrected chi connectivity index (χ4v) is 5.47. The highest BCUT2D eigenvalue weighted by molar-refractivity contribution is 14.1. The molecule has 0 N–H and O–H groups in total. The summed E-state index contributed by atoms with van der Waals surface area (Å²) in [5, 5.41) is 0. The monoisotopic (exact) mass is 544 g/mol. The molecule has 2 rings (SSSR count). The minimum atomic E-state index is 0.944. The molecule has 2 aliphatic rings. The van der Waals surface area contributed by atoms with Crippen molar-refractivity contribution in [1.82, 2.24) is 0 Å². The van der Waals surface area contributed by atoms with Crippen molar-refractivity contribution in [2.75, 3.05) is 0 Å². The lowest BCUT2D eigenvalue weighted by atomic mass is 9.73. The van der Waals surface area contributed by atoms with Gasteiger partial charge in [0.05, 0.1) is 0 Å². The molecular weight excluding hydrogens is 525 g/mol. The Morgan fingerprint density at radius 3 is 1.80 bits per heavy atom. The average Bonchev–Trinajstić information content (AvgIpc) is 2.23. The third kappa shape index (κ3) is 3.83. The maximum atomic E-state index is 2.69. The first-order valence-electron chi connectivity index (χ1n) is 6.09. The van der Waals surface area contributed by atoms with Gasteiger partial charge in [-0.25, -0.2) is 0 Å². The molecule has 0 aromatic rings. The Morgan fingerprint density at radius 2 is 1.20 bits per heavy atom. The number of hydrogen-bond donors (Lipinski definition) is 0. The molecule has 0 bridgehead atoms. The zero-order valence-electron chi connectivity index (χ0n) is 8.97. The first-order valence-corrected chi connectivity index (χ1v) is 9.82. The molecule has 2 fully saturated rings. The van der Waals surface area contributed by atoms with E-state index in [1.807, 2.05) is 0 Å². The van der Waals surface area contributed by atoms with Crippen molar-refractivity contribution < 1.29 is 0 Å². The number of alkyl halides is 3. The third-order valence-corrected chi connectivity index (χ3v) is 9.59. The van der Waals surface area contributed by atoms with E-state index in [1.165, 1.54) is 44.9 Å². The lowest BCUT2D eigenvalue weighted by molar-refractivity contribution is 0.210. The molecule has 88 valence electrons. The number of hydrogen-bond acceptors (Lipinski definition) is 0. The second-order valence-corrected chi connectivity index (χ2v) is 10.1. The first-order chi connectivity index (χ1) is 7.16. The van der Waals surface area contributed by atoms with E-state index in [0.29, 0.717) is 0 Å². The second kappa shape index (κ2) is 6.38. The van der Waals surface area contributed by atoms with Crippen molar-refractivity contribution in [2.45, 2.75) is 56.7 Å². The fourth-order valence-electron chi connectivity index (χ4n) is 3.09. The number of halogens is 3. The summed E-state index contributed by atoms with van der Waals surface area (Å²) in [6.07, 6.45) is 10.5. The molecule has 3 unspecified atom stereocenters. The van der Waals surface area contributed by atoms with Gasteiger partial charge in [0, 0.05) is 11.8 Å². The smallest absolute Gasteiger partial charge is 0.0230 e. The molecule has 15 heavy (non-hydrogen) atoms. The normalized spacial score (nSPS) is 47.8. The van der Waals surface area contributed by atoms with E-state index in [1.54, 1.807) is 0 Å². The van der Waals surface area contributed by atoms with Gasteiger partial charge in [-0.1, -0.05) is 67.8 Å². The van der Waals surface area contributed by atoms with Gasteiger partial charge in [0.25, 0.3) is 0 Å². The highest BCUT2D eigenvalue weighted by atomic mass is 127. The van der Waals surface area contributed by atoms with E-state index in [0.717, 1.165) is 23.6 Å². The van der Waals surface area contributed by atoms with Crippen molar-refractivity contribution in [2.24, 2.45) is 11.8 Å². The van der Waals surface area contributed by atoms with Gasteiger partial charge in [0.15, 0.2) is 0 Å². The summed E-state index contributed by atoms with van der Waals surface area (Å²) in [6.45, 7) is 0. The Kier molecular flexibility index (Phi) is 5.80. The molecule has 3 heteroatoms. The van der Waals surface area contributed by atoms with Crippen LogP contribution in [0.4, 0.5) is 0 Å². The molecule has 0 aromatic carbocycles. The zero-order valence-corrected chi connectivity index (χ0v) is 15.4. The second-order valence-electron chi connectivity index (χ2n) is 5.12. The maximum Gasteiger partial charge on any atom is 0.0230 e. The average molecular weight is 544 g/mol. The molecule has 0 saturated heterocycles. The summed E-state index contributed by atoms with van der Waals surface area (Å²) in [5.74, 6) is 2.15. The molecular formula is C12H19I3. The predicted molar refractivity (Wildman–Crippen MR) is 92.7 cm³/mol. The minimum Gasteiger partial charge on any atom is -0.0826 e. The quantitative estimate of drug-likeness (QED) is 0.307. The summed E-state index contributed by atoms with van der Waals surface area (Å²) in [6, 6.07) is 0. The Morgan fingerprint density at radius 1 is 0.600 bits per heavy atom. The summed E-state index contributed by atoms with van der Waals surface area (Å²) in [5.41, 5.74) is 0. The summed E-state index contributed by atoms with van der Waals surface area (Å²) in [4.78, 5) is 0. The molecule has 0 spiro atoms. The van der Waals surface area contributed by atoms with Gasteiger partial charge in [-0.15, -0.1) is 0 Å². The lowest BCUT2D eigenvalue weighted by Gasteiger charge is -2.38. The van der Waals surface area contributed by atoms with Crippen LogP contribution in [0.25, 0.3) is 0 Å². The van der Waals surface area contributed by atoms with Crippen LogP contribution in [-0.4, -0.2) is 11.8 Å². The summed E-state index contributed by atoms with van der Waals surface area (Å²) < 4.78 is 2.87. The lowest BCUT2D eigenvalue weighted by Crippen LogP contribution is -2.31. The number of rotatable bonds is 1. The van der Waals surface area contributed by atoms with Gasteiger partial charge < -0.3 is 0 Å². The topological polar surface area (TPSA) is 0 Å². The molecule has 3 atom stereocenters. The van der Waals surface area contributed by atoms with Crippen LogP contribution >= 0.6 is 67.8 Å². The van der Waals surface area contributed by atoms with Crippen LogP contribution in [0.3, 0.4) is 0 Å². The molecule has 2 saturated carbocycles. The molecule has 0 aliphatic heterocycles. The predicted octanol–water partition coefficient (Wildman–Crippen LogP) is 5.39. The molecule has 2 aliphatic carbocycles. The summed E-state index contributed by atoms with van der Waals surface area (Å²) in [7, 11) is 0. The van der Waals surface area contributed by atoms with Gasteiger partial charge in [-0.3, -0.25) is 0 Å². The molecule has 0 radical (unpaired) electrons. The highest BCUT2D eigenvalue weighted by Crippen LogP contribution is 2.43. The van der Waals surface area contributed by atoms with Crippen molar-refractivity contribution in [3.63, 3.8) is 0 Å². The van der Waals surface area contributed by atoms with Crippen LogP contribution in [0.2, 0.25) is 0 Å². The maximum absolute atomic E-state index is 2.69. The Hall–Kier alpha value is 2.19. The van der Waals surface area contributed by atoms with Crippen LogP contribution < -0.4 is 0 Å². The van der Waals surface area contributed by atoms with Crippen LogP contribution in [0.5, 0.6) is 0 Å². The van der Waals surface area contributed by atoms with E-state index >= 15 is 0 Å². The van der Waals surface area contributed by atoms with E-state index in [4.69, 9.17) is 0 Å². The van der Waals surface area contributed by atoms with Gasteiger partial charge in [0.1, 0.15) is 0 Å². The standard InChI is InChI=1S/C12H19I3/c13-10-4-1-8(2-5-10)9-3-6-11(14)12(15)7-9/h8-12H,1-7H2. The van der Waals surface area contributed by atoms with Gasteiger partial charge in [0.2, 0.25) is 0 Å². The SMILES string of the molecule is IC1CCC(C2CCC(I)C(I)C2)CC1. The summed E-state index contributed by atoms with van der Waals surface area (Å²) >= 11 is 7.99. The van der Waals surface area contributed by atoms with Gasteiger partial charge in [-0.05, 0) is 56.8 Å². The molecule has 0 aromatic heterocycles. The van der Waals surface area contributed by atoms with E-state index < -0.39 is 0 Å². The van der Waals surface area contributed by atoms with Crippen LogP contribution in [0, 0.1) is 11.8 Å². The molecule has 0 amide bonds. The minimum absolute atomic E-state index is 0.944. The van der Waals surface area contributed by atoms with E-state index in [-0.39, 0.29) is 0 Å². The Balaban J connectivity index is 1.84. The molecule has 0 heterocycles. The zero-order chi connectivity index (χ0) is 10.8. The van der Waals surface area contributed by atoms with E-state index in [9.17, 15) is 0 Å². The van der Waals surface area contributed by atoms with Crippen LogP contribution in [0.1, 0.15) is 44.9 Å². The van der Waals surface area contributed by atoms with E-state index in [2.05, 4.69) is 67.8 Å². The van der Waals surface area contributed by atoms with Crippen molar-refractivity contribution >= 4 is 67.8 Å². The Bertz CT molecular complexity index is 199. The molecule has 0 nitrogen and oxygen atoms in total. The van der Waals surface area contributed by atoms with Gasteiger partial charge in [-0.2, -0.15) is 0 Å². The fraction of sp³-hybridized carbons (Fsp3) is 1.00.